The van der Waals surface area contributed by atoms with E-state index < -0.39 is 0 Å². The molecule has 1 unspecified atom stereocenters. The van der Waals surface area contributed by atoms with E-state index >= 15 is 0 Å². The van der Waals surface area contributed by atoms with Crippen LogP contribution in [0.4, 0.5) is 0 Å². The first-order valence-electron chi connectivity index (χ1n) is 9.75. The van der Waals surface area contributed by atoms with Crippen LogP contribution in [0, 0.1) is 12.8 Å². The van der Waals surface area contributed by atoms with Crippen LogP contribution in [0.3, 0.4) is 0 Å². The first-order valence-corrected chi connectivity index (χ1v) is 9.75. The van der Waals surface area contributed by atoms with E-state index in [2.05, 4.69) is 117 Å². The summed E-state index contributed by atoms with van der Waals surface area (Å²) in [4.78, 5) is 0. The lowest BCUT2D eigenvalue weighted by Crippen LogP contribution is -2.39. The summed E-state index contributed by atoms with van der Waals surface area (Å²) in [6, 6.07) is 31.0. The Morgan fingerprint density at radius 3 is 1.81 bits per heavy atom. The third-order valence-electron chi connectivity index (χ3n) is 5.97. The topological polar surface area (TPSA) is 0 Å². The van der Waals surface area contributed by atoms with E-state index in [1.165, 1.54) is 27.8 Å². The molecule has 1 aliphatic carbocycles. The smallest absolute Gasteiger partial charge is 0.0521 e. The van der Waals surface area contributed by atoms with Gasteiger partial charge >= 0.3 is 0 Å². The van der Waals surface area contributed by atoms with Crippen molar-refractivity contribution in [1.29, 1.82) is 0 Å². The van der Waals surface area contributed by atoms with Gasteiger partial charge in [0.2, 0.25) is 0 Å². The van der Waals surface area contributed by atoms with Crippen molar-refractivity contribution >= 4 is 0 Å². The zero-order valence-electron chi connectivity index (χ0n) is 16.1. The number of hydrogen-bond acceptors (Lipinski definition) is 0. The van der Waals surface area contributed by atoms with Gasteiger partial charge in [-0.15, -0.1) is 0 Å². The molecule has 0 N–H and O–H groups in total. The lowest BCUT2D eigenvalue weighted by Gasteiger charge is -2.44. The van der Waals surface area contributed by atoms with Crippen LogP contribution in [0.2, 0.25) is 0 Å². The van der Waals surface area contributed by atoms with Crippen LogP contribution in [-0.2, 0) is 5.41 Å². The molecule has 134 valence electrons. The Labute approximate surface area is 162 Å². The van der Waals surface area contributed by atoms with Crippen molar-refractivity contribution in [2.45, 2.75) is 25.7 Å². The van der Waals surface area contributed by atoms with Crippen LogP contribution >= 0.6 is 0 Å². The fourth-order valence-corrected chi connectivity index (χ4v) is 4.74. The van der Waals surface area contributed by atoms with E-state index in [9.17, 15) is 0 Å². The summed E-state index contributed by atoms with van der Waals surface area (Å²) in [5.41, 5.74) is 6.69. The molecule has 1 atom stereocenters. The van der Waals surface area contributed by atoms with Gasteiger partial charge in [0, 0.05) is 5.92 Å². The molecule has 0 amide bonds. The first kappa shape index (κ1) is 17.5. The third kappa shape index (κ3) is 2.96. The number of allylic oxidation sites excluding steroid dienone is 4. The van der Waals surface area contributed by atoms with Crippen molar-refractivity contribution in [2.75, 3.05) is 0 Å². The second-order valence-electron chi connectivity index (χ2n) is 7.48. The van der Waals surface area contributed by atoms with Gasteiger partial charge in [-0.2, -0.15) is 0 Å². The molecule has 0 aliphatic heterocycles. The summed E-state index contributed by atoms with van der Waals surface area (Å²) in [5.74, 6) is 0.383. The average Bonchev–Trinajstić information content (AvgIpc) is 2.73. The Morgan fingerprint density at radius 1 is 0.704 bits per heavy atom. The van der Waals surface area contributed by atoms with E-state index in [-0.39, 0.29) is 5.41 Å². The molecule has 1 aliphatic rings. The SMILES string of the molecule is CC1=CC=CCC1C(c1ccccc1)(c1ccccc1)c1ccccc1C. The maximum Gasteiger partial charge on any atom is 0.0521 e. The number of benzene rings is 3. The molecule has 0 spiro atoms. The summed E-state index contributed by atoms with van der Waals surface area (Å²) in [5, 5.41) is 0. The highest BCUT2D eigenvalue weighted by Gasteiger charge is 2.44. The van der Waals surface area contributed by atoms with Crippen LogP contribution < -0.4 is 0 Å². The van der Waals surface area contributed by atoms with Gasteiger partial charge in [-0.05, 0) is 42.5 Å². The number of rotatable bonds is 4. The van der Waals surface area contributed by atoms with E-state index in [4.69, 9.17) is 0 Å². The molecule has 0 saturated heterocycles. The van der Waals surface area contributed by atoms with Crippen molar-refractivity contribution in [3.63, 3.8) is 0 Å². The quantitative estimate of drug-likeness (QED) is 0.451. The van der Waals surface area contributed by atoms with E-state index in [0.29, 0.717) is 5.92 Å². The zero-order valence-corrected chi connectivity index (χ0v) is 16.1. The van der Waals surface area contributed by atoms with Gasteiger partial charge in [-0.3, -0.25) is 0 Å². The van der Waals surface area contributed by atoms with Crippen LogP contribution in [0.5, 0.6) is 0 Å². The van der Waals surface area contributed by atoms with Gasteiger partial charge in [-0.1, -0.05) is 109 Å². The molecular formula is C27H26. The highest BCUT2D eigenvalue weighted by molar-refractivity contribution is 5.56. The third-order valence-corrected chi connectivity index (χ3v) is 5.97. The Hall–Kier alpha value is -2.86. The highest BCUT2D eigenvalue weighted by Crippen LogP contribution is 2.50. The van der Waals surface area contributed by atoms with Crippen molar-refractivity contribution in [3.05, 3.63) is 131 Å². The van der Waals surface area contributed by atoms with Crippen LogP contribution in [0.25, 0.3) is 0 Å². The van der Waals surface area contributed by atoms with Crippen LogP contribution in [0.1, 0.15) is 35.6 Å². The standard InChI is InChI=1S/C27H26/c1-21-13-9-11-19-25(21)27(23-15-5-3-6-16-23,24-17-7-4-8-18-24)26-20-12-10-14-22(26)2/h3-19,26H,20H2,1-2H3. The largest absolute Gasteiger partial charge is 0.0839 e. The number of aryl methyl sites for hydroxylation is 1. The van der Waals surface area contributed by atoms with Gasteiger partial charge < -0.3 is 0 Å². The highest BCUT2D eigenvalue weighted by atomic mass is 14.5. The van der Waals surface area contributed by atoms with E-state index in [0.717, 1.165) is 6.42 Å². The Kier molecular flexibility index (Phi) is 4.81. The maximum absolute atomic E-state index is 2.32. The fourth-order valence-electron chi connectivity index (χ4n) is 4.74. The molecule has 0 radical (unpaired) electrons. The zero-order chi connectivity index (χ0) is 18.7. The Balaban J connectivity index is 2.11. The molecule has 0 bridgehead atoms. The Bertz CT molecular complexity index is 922. The van der Waals surface area contributed by atoms with Gasteiger partial charge in [-0.25, -0.2) is 0 Å². The molecule has 0 heteroatoms. The summed E-state index contributed by atoms with van der Waals surface area (Å²) in [7, 11) is 0. The predicted molar refractivity (Wildman–Crippen MR) is 115 cm³/mol. The molecule has 27 heavy (non-hydrogen) atoms. The molecule has 4 rings (SSSR count). The summed E-state index contributed by atoms with van der Waals surface area (Å²) in [6.07, 6.45) is 7.84. The van der Waals surface area contributed by atoms with Gasteiger partial charge in [0.05, 0.1) is 5.41 Å². The van der Waals surface area contributed by atoms with Gasteiger partial charge in [0.1, 0.15) is 0 Å². The minimum Gasteiger partial charge on any atom is -0.0839 e. The lowest BCUT2D eigenvalue weighted by atomic mass is 9.57. The minimum absolute atomic E-state index is 0.209. The molecule has 0 nitrogen and oxygen atoms in total. The minimum atomic E-state index is -0.209. The predicted octanol–water partition coefficient (Wildman–Crippen LogP) is 6.85. The van der Waals surface area contributed by atoms with Crippen molar-refractivity contribution in [2.24, 2.45) is 5.92 Å². The monoisotopic (exact) mass is 350 g/mol. The summed E-state index contributed by atoms with van der Waals surface area (Å²) >= 11 is 0. The molecule has 0 heterocycles. The number of hydrogen-bond donors (Lipinski definition) is 0. The normalized spacial score (nSPS) is 16.8. The molecule has 3 aromatic carbocycles. The van der Waals surface area contributed by atoms with E-state index in [1.54, 1.807) is 0 Å². The molecule has 0 fully saturated rings. The fraction of sp³-hybridized carbons (Fsp3) is 0.185. The second kappa shape index (κ2) is 7.40. The van der Waals surface area contributed by atoms with Crippen LogP contribution in [-0.4, -0.2) is 0 Å². The molecular weight excluding hydrogens is 324 g/mol. The van der Waals surface area contributed by atoms with Crippen molar-refractivity contribution < 1.29 is 0 Å². The second-order valence-corrected chi connectivity index (χ2v) is 7.48. The summed E-state index contributed by atoms with van der Waals surface area (Å²) < 4.78 is 0. The Morgan fingerprint density at radius 2 is 1.26 bits per heavy atom. The maximum atomic E-state index is 2.32. The van der Waals surface area contributed by atoms with Crippen LogP contribution in [0.15, 0.2) is 109 Å². The molecule has 3 aromatic rings. The summed E-state index contributed by atoms with van der Waals surface area (Å²) in [6.45, 7) is 4.53. The first-order chi connectivity index (χ1) is 13.2. The van der Waals surface area contributed by atoms with Gasteiger partial charge in [0.25, 0.3) is 0 Å². The average molecular weight is 351 g/mol. The van der Waals surface area contributed by atoms with Crippen molar-refractivity contribution in [1.82, 2.24) is 0 Å². The van der Waals surface area contributed by atoms with Gasteiger partial charge in [0.15, 0.2) is 0 Å². The van der Waals surface area contributed by atoms with E-state index in [1.807, 2.05) is 0 Å². The molecule has 0 saturated carbocycles. The lowest BCUT2D eigenvalue weighted by molar-refractivity contribution is 0.424. The molecule has 0 aromatic heterocycles. The van der Waals surface area contributed by atoms with Crippen molar-refractivity contribution in [3.8, 4) is 0 Å².